The second-order valence-corrected chi connectivity index (χ2v) is 5.41. The van der Waals surface area contributed by atoms with Gasteiger partial charge in [-0.05, 0) is 47.5 Å². The van der Waals surface area contributed by atoms with Gasteiger partial charge < -0.3 is 19.3 Å². The molecule has 2 rings (SSSR count). The number of carbonyl (C=O) groups excluding carboxylic acids is 1. The van der Waals surface area contributed by atoms with Gasteiger partial charge in [-0.1, -0.05) is 24.3 Å². The fraction of sp³-hybridized carbons (Fsp3) is 0.190. The number of allylic oxidation sites excluding steroid dienone is 2. The minimum Gasteiger partial charge on any atom is -0.496 e. The van der Waals surface area contributed by atoms with Crippen molar-refractivity contribution < 1.29 is 24.1 Å². The van der Waals surface area contributed by atoms with Gasteiger partial charge in [-0.25, -0.2) is 0 Å². The highest BCUT2D eigenvalue weighted by Crippen LogP contribution is 2.28. The number of ether oxygens (including phenoxy) is 3. The minimum atomic E-state index is -0.152. The van der Waals surface area contributed by atoms with Gasteiger partial charge in [0.15, 0.2) is 17.3 Å². The molecule has 5 nitrogen and oxygen atoms in total. The zero-order valence-corrected chi connectivity index (χ0v) is 15.1. The van der Waals surface area contributed by atoms with E-state index in [0.29, 0.717) is 22.8 Å². The van der Waals surface area contributed by atoms with Gasteiger partial charge in [0.1, 0.15) is 5.75 Å². The van der Waals surface area contributed by atoms with E-state index in [4.69, 9.17) is 14.2 Å². The zero-order valence-electron chi connectivity index (χ0n) is 15.1. The van der Waals surface area contributed by atoms with Gasteiger partial charge in [0.05, 0.1) is 27.9 Å². The summed E-state index contributed by atoms with van der Waals surface area (Å²) in [5, 5.41) is 9.34. The molecule has 26 heavy (non-hydrogen) atoms. The fourth-order valence-electron chi connectivity index (χ4n) is 2.39. The minimum absolute atomic E-state index is 0.127. The molecule has 0 saturated heterocycles. The van der Waals surface area contributed by atoms with E-state index in [0.717, 1.165) is 11.1 Å². The first-order valence-electron chi connectivity index (χ1n) is 8.01. The molecule has 0 fully saturated rings. The lowest BCUT2D eigenvalue weighted by Gasteiger charge is -2.07. The monoisotopic (exact) mass is 354 g/mol. The Bertz CT molecular complexity index is 754. The third kappa shape index (κ3) is 4.97. The Labute approximate surface area is 153 Å². The summed E-state index contributed by atoms with van der Waals surface area (Å²) in [6.45, 7) is -0.127. The Morgan fingerprint density at radius 2 is 1.38 bits per heavy atom. The highest BCUT2D eigenvalue weighted by molar-refractivity contribution is 6.04. The van der Waals surface area contributed by atoms with E-state index < -0.39 is 0 Å². The molecular weight excluding hydrogens is 332 g/mol. The van der Waals surface area contributed by atoms with Gasteiger partial charge in [-0.3, -0.25) is 4.79 Å². The lowest BCUT2D eigenvalue weighted by molar-refractivity contribution is -0.110. The summed E-state index contributed by atoms with van der Waals surface area (Å²) in [6.07, 6.45) is 6.36. The number of aliphatic hydroxyl groups is 1. The van der Waals surface area contributed by atoms with E-state index >= 15 is 0 Å². The number of aliphatic hydroxyl groups excluding tert-OH is 1. The average Bonchev–Trinajstić information content (AvgIpc) is 2.69. The predicted octanol–water partition coefficient (Wildman–Crippen LogP) is 3.50. The van der Waals surface area contributed by atoms with Crippen LogP contribution in [0.5, 0.6) is 17.2 Å². The summed E-state index contributed by atoms with van der Waals surface area (Å²) in [4.78, 5) is 12.0. The number of hydrogen-bond acceptors (Lipinski definition) is 5. The Morgan fingerprint density at radius 1 is 0.846 bits per heavy atom. The van der Waals surface area contributed by atoms with Gasteiger partial charge in [-0.2, -0.15) is 0 Å². The first-order valence-corrected chi connectivity index (χ1v) is 8.01. The SMILES string of the molecule is COc1ccc(C=CC(=O)C=Cc2ccc(OC)c(OC)c2)cc1CO. The van der Waals surface area contributed by atoms with Crippen LogP contribution in [-0.2, 0) is 11.4 Å². The molecule has 0 aliphatic heterocycles. The number of methoxy groups -OCH3 is 3. The van der Waals surface area contributed by atoms with E-state index in [1.54, 1.807) is 57.7 Å². The van der Waals surface area contributed by atoms with Crippen LogP contribution in [0.1, 0.15) is 16.7 Å². The van der Waals surface area contributed by atoms with Crippen molar-refractivity contribution in [2.75, 3.05) is 21.3 Å². The molecule has 1 N–H and O–H groups in total. The summed E-state index contributed by atoms with van der Waals surface area (Å²) in [6, 6.07) is 10.8. The highest BCUT2D eigenvalue weighted by atomic mass is 16.5. The molecular formula is C21H22O5. The van der Waals surface area contributed by atoms with E-state index in [-0.39, 0.29) is 12.4 Å². The lowest BCUT2D eigenvalue weighted by Crippen LogP contribution is -1.92. The second-order valence-electron chi connectivity index (χ2n) is 5.41. The molecule has 0 unspecified atom stereocenters. The van der Waals surface area contributed by atoms with Crippen LogP contribution in [0.25, 0.3) is 12.2 Å². The fourth-order valence-corrected chi connectivity index (χ4v) is 2.39. The zero-order chi connectivity index (χ0) is 18.9. The van der Waals surface area contributed by atoms with Crippen molar-refractivity contribution in [1.29, 1.82) is 0 Å². The molecule has 0 bridgehead atoms. The molecule has 0 aromatic heterocycles. The first kappa shape index (κ1) is 19.3. The van der Waals surface area contributed by atoms with Crippen LogP contribution in [0, 0.1) is 0 Å². The number of benzene rings is 2. The second kappa shape index (κ2) is 9.44. The van der Waals surface area contributed by atoms with Crippen LogP contribution in [0.4, 0.5) is 0 Å². The van der Waals surface area contributed by atoms with Crippen LogP contribution in [0.3, 0.4) is 0 Å². The Hall–Kier alpha value is -3.05. The maximum atomic E-state index is 12.0. The molecule has 5 heteroatoms. The Balaban J connectivity index is 2.08. The van der Waals surface area contributed by atoms with Crippen molar-refractivity contribution in [3.05, 3.63) is 65.2 Å². The summed E-state index contributed by atoms with van der Waals surface area (Å²) in [5.41, 5.74) is 2.31. The Morgan fingerprint density at radius 3 is 1.92 bits per heavy atom. The summed E-state index contributed by atoms with van der Waals surface area (Å²) >= 11 is 0. The third-order valence-corrected chi connectivity index (χ3v) is 3.76. The summed E-state index contributed by atoms with van der Waals surface area (Å²) in [5.74, 6) is 1.70. The van der Waals surface area contributed by atoms with E-state index in [1.165, 1.54) is 12.2 Å². The molecule has 0 amide bonds. The van der Waals surface area contributed by atoms with Gasteiger partial charge in [0.2, 0.25) is 0 Å². The number of ketones is 1. The van der Waals surface area contributed by atoms with Crippen LogP contribution >= 0.6 is 0 Å². The van der Waals surface area contributed by atoms with Gasteiger partial charge in [-0.15, -0.1) is 0 Å². The van der Waals surface area contributed by atoms with Crippen molar-refractivity contribution in [3.8, 4) is 17.2 Å². The molecule has 2 aromatic rings. The molecule has 136 valence electrons. The lowest BCUT2D eigenvalue weighted by atomic mass is 10.1. The summed E-state index contributed by atoms with van der Waals surface area (Å²) in [7, 11) is 4.68. The maximum Gasteiger partial charge on any atom is 0.178 e. The van der Waals surface area contributed by atoms with E-state index in [2.05, 4.69) is 0 Å². The topological polar surface area (TPSA) is 65.0 Å². The number of hydrogen-bond donors (Lipinski definition) is 1. The normalized spacial score (nSPS) is 11.1. The molecule has 0 atom stereocenters. The average molecular weight is 354 g/mol. The van der Waals surface area contributed by atoms with Crippen molar-refractivity contribution >= 4 is 17.9 Å². The van der Waals surface area contributed by atoms with Crippen LogP contribution < -0.4 is 14.2 Å². The maximum absolute atomic E-state index is 12.0. The molecule has 0 spiro atoms. The number of carbonyl (C=O) groups is 1. The largest absolute Gasteiger partial charge is 0.496 e. The van der Waals surface area contributed by atoms with E-state index in [1.807, 2.05) is 12.1 Å². The molecule has 0 aliphatic carbocycles. The van der Waals surface area contributed by atoms with Gasteiger partial charge in [0, 0.05) is 5.56 Å². The third-order valence-electron chi connectivity index (χ3n) is 3.76. The molecule has 0 radical (unpaired) electrons. The van der Waals surface area contributed by atoms with Crippen LogP contribution in [0.2, 0.25) is 0 Å². The molecule has 0 aliphatic rings. The van der Waals surface area contributed by atoms with Crippen molar-refractivity contribution in [3.63, 3.8) is 0 Å². The number of rotatable bonds is 8. The van der Waals surface area contributed by atoms with Crippen LogP contribution in [0.15, 0.2) is 48.6 Å². The Kier molecular flexibility index (Phi) is 7.00. The quantitative estimate of drug-likeness (QED) is 0.735. The van der Waals surface area contributed by atoms with Crippen molar-refractivity contribution in [2.45, 2.75) is 6.61 Å². The molecule has 0 heterocycles. The van der Waals surface area contributed by atoms with Crippen molar-refractivity contribution in [1.82, 2.24) is 0 Å². The smallest absolute Gasteiger partial charge is 0.178 e. The highest BCUT2D eigenvalue weighted by Gasteiger charge is 2.03. The molecule has 2 aromatic carbocycles. The van der Waals surface area contributed by atoms with E-state index in [9.17, 15) is 9.90 Å². The first-order chi connectivity index (χ1) is 12.6. The predicted molar refractivity (Wildman–Crippen MR) is 102 cm³/mol. The standard InChI is InChI=1S/C21H22O5/c1-24-19-10-6-15(12-17(19)14-22)4-8-18(23)9-5-16-7-11-20(25-2)21(13-16)26-3/h4-13,22H,14H2,1-3H3. The van der Waals surface area contributed by atoms with Crippen LogP contribution in [-0.4, -0.2) is 32.2 Å². The van der Waals surface area contributed by atoms with Gasteiger partial charge >= 0.3 is 0 Å². The summed E-state index contributed by atoms with van der Waals surface area (Å²) < 4.78 is 15.6. The van der Waals surface area contributed by atoms with Crippen molar-refractivity contribution in [2.24, 2.45) is 0 Å². The molecule has 0 saturated carbocycles. The van der Waals surface area contributed by atoms with Gasteiger partial charge in [0.25, 0.3) is 0 Å².